The third-order valence-electron chi connectivity index (χ3n) is 2.65. The van der Waals surface area contributed by atoms with Gasteiger partial charge in [-0.05, 0) is 38.8 Å². The van der Waals surface area contributed by atoms with Crippen molar-refractivity contribution in [2.24, 2.45) is 0 Å². The molecule has 1 saturated heterocycles. The summed E-state index contributed by atoms with van der Waals surface area (Å²) in [5.41, 5.74) is -0.421. The predicted octanol–water partition coefficient (Wildman–Crippen LogP) is 1.85. The molecule has 0 aliphatic carbocycles. The summed E-state index contributed by atoms with van der Waals surface area (Å²) in [6, 6.07) is 0. The Morgan fingerprint density at radius 2 is 2.00 bits per heavy atom. The van der Waals surface area contributed by atoms with Crippen LogP contribution in [-0.2, 0) is 0 Å². The van der Waals surface area contributed by atoms with Crippen LogP contribution in [0.3, 0.4) is 0 Å². The summed E-state index contributed by atoms with van der Waals surface area (Å²) in [6.45, 7) is 4.08. The molecule has 2 nitrogen and oxygen atoms in total. The summed E-state index contributed by atoms with van der Waals surface area (Å²) in [7, 11) is 0. The van der Waals surface area contributed by atoms with Gasteiger partial charge in [0.15, 0.2) is 0 Å². The fourth-order valence-electron chi connectivity index (χ4n) is 1.68. The highest BCUT2D eigenvalue weighted by Crippen LogP contribution is 2.22. The Hall–Kier alpha value is -0.340. The van der Waals surface area contributed by atoms with Crippen LogP contribution in [-0.4, -0.2) is 23.8 Å². The van der Waals surface area contributed by atoms with Crippen LogP contribution in [0.25, 0.3) is 0 Å². The first-order valence-electron chi connectivity index (χ1n) is 5.35. The van der Waals surface area contributed by atoms with Crippen molar-refractivity contribution in [3.63, 3.8) is 0 Å². The van der Waals surface area contributed by atoms with Crippen molar-refractivity contribution in [2.45, 2.75) is 44.6 Å². The Morgan fingerprint density at radius 1 is 1.31 bits per heavy atom. The van der Waals surface area contributed by atoms with E-state index in [-0.39, 0.29) is 0 Å². The third kappa shape index (κ3) is 3.92. The molecule has 0 unspecified atom stereocenters. The molecule has 13 heavy (non-hydrogen) atoms. The average Bonchev–Trinajstić information content (AvgIpc) is 2.14. The molecule has 1 rings (SSSR count). The van der Waals surface area contributed by atoms with Crippen LogP contribution in [0.4, 0.5) is 0 Å². The number of hydrogen-bond acceptors (Lipinski definition) is 2. The molecular formula is C11H21NO. The van der Waals surface area contributed by atoms with E-state index in [1.54, 1.807) is 0 Å². The maximum atomic E-state index is 10.1. The smallest absolute Gasteiger partial charge is 0.0706 e. The zero-order valence-corrected chi connectivity index (χ0v) is 8.55. The van der Waals surface area contributed by atoms with E-state index < -0.39 is 5.60 Å². The number of hydrogen-bond donors (Lipinski definition) is 2. The van der Waals surface area contributed by atoms with Gasteiger partial charge in [-0.25, -0.2) is 0 Å². The summed E-state index contributed by atoms with van der Waals surface area (Å²) >= 11 is 0. The maximum Gasteiger partial charge on any atom is 0.0706 e. The van der Waals surface area contributed by atoms with Gasteiger partial charge < -0.3 is 10.4 Å². The molecule has 0 amide bonds. The van der Waals surface area contributed by atoms with Crippen LogP contribution in [0.5, 0.6) is 0 Å². The summed E-state index contributed by atoms with van der Waals surface area (Å²) < 4.78 is 0. The van der Waals surface area contributed by atoms with Crippen LogP contribution < -0.4 is 5.32 Å². The predicted molar refractivity (Wildman–Crippen MR) is 55.7 cm³/mol. The number of aliphatic hydroxyl groups is 1. The maximum absolute atomic E-state index is 10.1. The zero-order valence-electron chi connectivity index (χ0n) is 8.55. The highest BCUT2D eigenvalue weighted by Gasteiger charge is 2.27. The molecular weight excluding hydrogens is 162 g/mol. The molecule has 0 radical (unpaired) electrons. The second-order valence-corrected chi connectivity index (χ2v) is 3.94. The minimum atomic E-state index is -0.421. The first-order valence-corrected chi connectivity index (χ1v) is 5.35. The average molecular weight is 183 g/mol. The fraction of sp³-hybridized carbons (Fsp3) is 0.818. The van der Waals surface area contributed by atoms with Crippen LogP contribution >= 0.6 is 0 Å². The van der Waals surface area contributed by atoms with Gasteiger partial charge in [-0.2, -0.15) is 0 Å². The van der Waals surface area contributed by atoms with E-state index in [0.717, 1.165) is 38.8 Å². The van der Waals surface area contributed by atoms with Gasteiger partial charge in [0.2, 0.25) is 0 Å². The zero-order chi connectivity index (χ0) is 9.57. The van der Waals surface area contributed by atoms with Gasteiger partial charge in [-0.1, -0.05) is 25.5 Å². The fourth-order valence-corrected chi connectivity index (χ4v) is 1.68. The Balaban J connectivity index is 2.24. The lowest BCUT2D eigenvalue weighted by Gasteiger charge is -2.31. The quantitative estimate of drug-likeness (QED) is 0.652. The van der Waals surface area contributed by atoms with Crippen molar-refractivity contribution < 1.29 is 5.11 Å². The van der Waals surface area contributed by atoms with E-state index in [1.807, 2.05) is 0 Å². The molecule has 1 heterocycles. The van der Waals surface area contributed by atoms with Gasteiger partial charge in [-0.15, -0.1) is 0 Å². The highest BCUT2D eigenvalue weighted by molar-refractivity contribution is 4.93. The summed E-state index contributed by atoms with van der Waals surface area (Å²) in [5.74, 6) is 0. The van der Waals surface area contributed by atoms with Crippen LogP contribution in [0.1, 0.15) is 39.0 Å². The van der Waals surface area contributed by atoms with Crippen molar-refractivity contribution in [3.8, 4) is 0 Å². The standard InChI is InChI=1S/C11H21NO/c1-2-3-4-5-6-11(13)7-9-12-10-8-11/h4-5,12-13H,2-3,6-10H2,1H3/b5-4+. The van der Waals surface area contributed by atoms with E-state index in [1.165, 1.54) is 6.42 Å². The lowest BCUT2D eigenvalue weighted by molar-refractivity contribution is 0.0133. The first kappa shape index (κ1) is 10.7. The van der Waals surface area contributed by atoms with E-state index in [4.69, 9.17) is 0 Å². The Morgan fingerprint density at radius 3 is 2.62 bits per heavy atom. The minimum absolute atomic E-state index is 0.421. The van der Waals surface area contributed by atoms with Gasteiger partial charge in [0, 0.05) is 0 Å². The van der Waals surface area contributed by atoms with Crippen LogP contribution in [0.2, 0.25) is 0 Å². The number of unbranched alkanes of at least 4 members (excludes halogenated alkanes) is 1. The minimum Gasteiger partial charge on any atom is -0.389 e. The molecule has 76 valence electrons. The van der Waals surface area contributed by atoms with Crippen molar-refractivity contribution >= 4 is 0 Å². The molecule has 1 aliphatic rings. The van der Waals surface area contributed by atoms with Gasteiger partial charge in [0.05, 0.1) is 5.60 Å². The van der Waals surface area contributed by atoms with E-state index >= 15 is 0 Å². The summed E-state index contributed by atoms with van der Waals surface area (Å²) in [5, 5.41) is 13.3. The molecule has 1 aliphatic heterocycles. The van der Waals surface area contributed by atoms with Crippen LogP contribution in [0, 0.1) is 0 Å². The Kier molecular flexibility index (Phi) is 4.46. The highest BCUT2D eigenvalue weighted by atomic mass is 16.3. The number of piperidine rings is 1. The topological polar surface area (TPSA) is 32.3 Å². The van der Waals surface area contributed by atoms with Gasteiger partial charge in [-0.3, -0.25) is 0 Å². The molecule has 0 bridgehead atoms. The Labute approximate surface area is 81.0 Å². The summed E-state index contributed by atoms with van der Waals surface area (Å²) in [6.07, 6.45) is 9.25. The number of rotatable bonds is 4. The molecule has 1 fully saturated rings. The number of allylic oxidation sites excluding steroid dienone is 1. The molecule has 0 atom stereocenters. The second-order valence-electron chi connectivity index (χ2n) is 3.94. The second kappa shape index (κ2) is 5.40. The van der Waals surface area contributed by atoms with Crippen molar-refractivity contribution in [1.29, 1.82) is 0 Å². The molecule has 2 heteroatoms. The van der Waals surface area contributed by atoms with Gasteiger partial charge in [0.1, 0.15) is 0 Å². The van der Waals surface area contributed by atoms with Crippen molar-refractivity contribution in [2.75, 3.05) is 13.1 Å². The molecule has 0 aromatic rings. The van der Waals surface area contributed by atoms with E-state index in [9.17, 15) is 5.11 Å². The molecule has 0 spiro atoms. The molecule has 0 aromatic carbocycles. The third-order valence-corrected chi connectivity index (χ3v) is 2.65. The van der Waals surface area contributed by atoms with Gasteiger partial charge in [0.25, 0.3) is 0 Å². The normalized spacial score (nSPS) is 22.3. The monoisotopic (exact) mass is 183 g/mol. The van der Waals surface area contributed by atoms with E-state index in [0.29, 0.717) is 0 Å². The SMILES string of the molecule is CCC/C=C/CC1(O)CCNCC1. The number of nitrogens with one attached hydrogen (secondary N) is 1. The Bertz CT molecular complexity index is 159. The summed E-state index contributed by atoms with van der Waals surface area (Å²) in [4.78, 5) is 0. The molecule has 2 N–H and O–H groups in total. The van der Waals surface area contributed by atoms with Gasteiger partial charge >= 0.3 is 0 Å². The lowest BCUT2D eigenvalue weighted by atomic mass is 9.89. The lowest BCUT2D eigenvalue weighted by Crippen LogP contribution is -2.41. The largest absolute Gasteiger partial charge is 0.389 e. The van der Waals surface area contributed by atoms with E-state index in [2.05, 4.69) is 24.4 Å². The van der Waals surface area contributed by atoms with Crippen LogP contribution in [0.15, 0.2) is 12.2 Å². The first-order chi connectivity index (χ1) is 6.27. The molecule has 0 saturated carbocycles. The van der Waals surface area contributed by atoms with Crippen molar-refractivity contribution in [1.82, 2.24) is 5.32 Å². The van der Waals surface area contributed by atoms with Crippen molar-refractivity contribution in [3.05, 3.63) is 12.2 Å². The molecule has 0 aromatic heterocycles.